The van der Waals surface area contributed by atoms with Crippen LogP contribution in [0.15, 0.2) is 72.8 Å². The Labute approximate surface area is 891 Å². The van der Waals surface area contributed by atoms with E-state index in [0.717, 1.165) is 94.1 Å². The van der Waals surface area contributed by atoms with Crippen molar-refractivity contribution in [1.82, 2.24) is 16.1 Å². The molecule has 0 spiro atoms. The number of carboxylic acids is 2. The van der Waals surface area contributed by atoms with Crippen molar-refractivity contribution in [1.29, 1.82) is 0 Å². The molecule has 3 aromatic rings. The molecule has 15 N–H and O–H groups in total. The maximum atomic E-state index is 12.3. The summed E-state index contributed by atoms with van der Waals surface area (Å²) in [5, 5.41) is 78.9. The summed E-state index contributed by atoms with van der Waals surface area (Å²) in [6, 6.07) is 15.9. The van der Waals surface area contributed by atoms with Crippen LogP contribution in [0.2, 0.25) is 0 Å². The topological polar surface area (TPSA) is 580 Å². The third-order valence-corrected chi connectivity index (χ3v) is 24.4. The van der Waals surface area contributed by atoms with Crippen LogP contribution in [0.3, 0.4) is 0 Å². The van der Waals surface area contributed by atoms with Gasteiger partial charge in [-0.15, -0.1) is 0 Å². The lowest BCUT2D eigenvalue weighted by atomic mass is 10.0. The van der Waals surface area contributed by atoms with Crippen molar-refractivity contribution < 1.29 is 151 Å². The Balaban J connectivity index is 0.000000841. The quantitative estimate of drug-likeness (QED) is 0.00611. The number of rotatable bonds is 28. The first-order valence-corrected chi connectivity index (χ1v) is 51.0. The highest BCUT2D eigenvalue weighted by molar-refractivity contribution is 9.10. The number of Topliss-reactive ketones (excluding diaryl/α,β-unsaturated/α-hetero) is 2. The van der Waals surface area contributed by atoms with E-state index in [2.05, 4.69) is 144 Å². The normalized spacial score (nSPS) is 17.4. The number of hydroxylamine groups is 1. The number of benzene rings is 3. The molecule has 11 fully saturated rings. The van der Waals surface area contributed by atoms with Gasteiger partial charge in [0.05, 0.1) is 67.4 Å². The summed E-state index contributed by atoms with van der Waals surface area (Å²) in [6.07, 6.45) is 20.9. The highest BCUT2D eigenvalue weighted by Crippen LogP contribution is 2.48. The highest BCUT2D eigenvalue weighted by atomic mass is 79.9. The predicted molar refractivity (Wildman–Crippen MR) is 562 cm³/mol. The van der Waals surface area contributed by atoms with E-state index >= 15 is 0 Å². The Bertz CT molecular complexity index is 5170. The number of hydrogen-bond acceptors (Lipinski definition) is 31. The minimum absolute atomic E-state index is 0. The minimum atomic E-state index is -1.30. The van der Waals surface area contributed by atoms with Gasteiger partial charge >= 0.3 is 59.7 Å². The second kappa shape index (κ2) is 66.5. The van der Waals surface area contributed by atoms with Crippen LogP contribution in [-0.4, -0.2) is 238 Å². The number of amides is 3. The van der Waals surface area contributed by atoms with Gasteiger partial charge in [-0.2, -0.15) is 0 Å². The van der Waals surface area contributed by atoms with Crippen molar-refractivity contribution in [3.63, 3.8) is 0 Å². The molecule has 3 aromatic carbocycles. The summed E-state index contributed by atoms with van der Waals surface area (Å²) in [5.74, 6) is 30.9. The molecule has 11 saturated carbocycles. The van der Waals surface area contributed by atoms with E-state index in [1.807, 2.05) is 41.5 Å². The zero-order chi connectivity index (χ0) is 113. The molecule has 0 heterocycles. The molecule has 0 radical (unpaired) electrons. The van der Waals surface area contributed by atoms with Crippen molar-refractivity contribution >= 4 is 105 Å². The van der Waals surface area contributed by atoms with Crippen LogP contribution in [0.4, 0.5) is 0 Å². The number of ketones is 2. The van der Waals surface area contributed by atoms with E-state index in [-0.39, 0.29) is 64.9 Å². The number of aromatic carboxylic acids is 1. The molecule has 0 aliphatic heterocycles. The maximum absolute atomic E-state index is 12.3. The summed E-state index contributed by atoms with van der Waals surface area (Å²) in [7, 11) is 3.89. The van der Waals surface area contributed by atoms with Crippen LogP contribution in [0.1, 0.15) is 340 Å². The van der Waals surface area contributed by atoms with Crippen molar-refractivity contribution in [2.75, 3.05) is 34.5 Å². The number of esters is 8. The van der Waals surface area contributed by atoms with Crippen molar-refractivity contribution in [2.24, 2.45) is 47.0 Å². The second-order valence-electron chi connectivity index (χ2n) is 39.0. The van der Waals surface area contributed by atoms with Crippen LogP contribution >= 0.6 is 15.9 Å². The van der Waals surface area contributed by atoms with Gasteiger partial charge in [0.25, 0.3) is 17.7 Å². The summed E-state index contributed by atoms with van der Waals surface area (Å²) in [4.78, 5) is 163. The Morgan fingerprint density at radius 3 is 1.00 bits per heavy atom. The number of carbonyl (C=O) groups is 15. The maximum Gasteiger partial charge on any atom is 0.335 e. The van der Waals surface area contributed by atoms with Crippen LogP contribution < -0.4 is 27.6 Å². The van der Waals surface area contributed by atoms with Gasteiger partial charge in [-0.25, -0.2) is 15.1 Å². The third kappa shape index (κ3) is 58.3. The van der Waals surface area contributed by atoms with E-state index in [4.69, 9.17) is 45.8 Å². The highest BCUT2D eigenvalue weighted by Gasteiger charge is 2.56. The fourth-order valence-electron chi connectivity index (χ4n) is 13.1. The monoisotopic (exact) mass is 2160 g/mol. The molecule has 828 valence electrons. The molecule has 11 aliphatic rings. The van der Waals surface area contributed by atoms with Gasteiger partial charge in [0, 0.05) is 99.8 Å². The zero-order valence-corrected chi connectivity index (χ0v) is 91.2. The van der Waals surface area contributed by atoms with E-state index < -0.39 is 117 Å². The van der Waals surface area contributed by atoms with Gasteiger partial charge in [0.1, 0.15) is 45.3 Å². The molecule has 36 nitrogen and oxygen atoms in total. The predicted octanol–water partition coefficient (Wildman–Crippen LogP) is 12.1. The van der Waals surface area contributed by atoms with Gasteiger partial charge < -0.3 is 95.7 Å². The number of aliphatic hydroxyl groups is 5. The minimum Gasteiger partial charge on any atom is -0.481 e. The molecule has 0 bridgehead atoms. The lowest BCUT2D eigenvalue weighted by molar-refractivity contribution is -0.157. The third-order valence-electron chi connectivity index (χ3n) is 22.9. The number of hydrogen-bond donors (Lipinski definition) is 13. The van der Waals surface area contributed by atoms with Crippen LogP contribution in [0.5, 0.6) is 0 Å². The Kier molecular flexibility index (Phi) is 60.2. The lowest BCUT2D eigenvalue weighted by Gasteiger charge is -2.21. The van der Waals surface area contributed by atoms with Crippen molar-refractivity contribution in [2.45, 2.75) is 366 Å². The average molecular weight is 2160 g/mol. The fourth-order valence-corrected chi connectivity index (χ4v) is 13.7. The molecule has 5 unspecified atom stereocenters. The molecule has 11 aliphatic carbocycles. The number of aliphatic carboxylic acids is 1. The number of methoxy groups -OCH3 is 3. The van der Waals surface area contributed by atoms with Crippen molar-refractivity contribution in [3.05, 3.63) is 106 Å². The van der Waals surface area contributed by atoms with E-state index in [0.29, 0.717) is 117 Å². The molecule has 0 aromatic heterocycles. The average Bonchev–Trinajstić information content (AvgIpc) is 1.63. The van der Waals surface area contributed by atoms with Gasteiger partial charge in [-0.3, -0.25) is 67.5 Å². The molecule has 3 amide bonds. The zero-order valence-electron chi connectivity index (χ0n) is 89.6. The smallest absolute Gasteiger partial charge is 0.335 e. The summed E-state index contributed by atoms with van der Waals surface area (Å²) in [5.41, 5.74) is 9.66. The number of alkyl halides is 1. The summed E-state index contributed by atoms with van der Waals surface area (Å²) < 4.78 is 37.4. The second-order valence-corrected chi connectivity index (χ2v) is 39.9. The van der Waals surface area contributed by atoms with Gasteiger partial charge in [-0.1, -0.05) is 114 Å². The number of ether oxygens (including phenoxy) is 8. The van der Waals surface area contributed by atoms with Gasteiger partial charge in [-0.05, 0) is 308 Å². The van der Waals surface area contributed by atoms with E-state index in [1.165, 1.54) is 101 Å². The molecule has 14 rings (SSSR count). The molecule has 0 saturated heterocycles. The molecule has 37 heteroatoms. The standard InChI is InChI=1S/C20H19NO4.C19H18N2O4.C14H10O2.C9H16O2.C8H11BrO3.C7H10O4.C7H14O.C6H11NO3.C6H11NO2.C6H12O2.C4H6O3.C4H10O.C2H6.CH4/c1-25-19(23)17(20(24)12-13-20)21-18(22)16-10-8-15(9-11-16)5-3-2-4-14-6-7-14;22-17(20-16(18(23)21-25)19(24)11-12-19)15-9-7-14(8-10-15)4-2-1-3-13-5-6-13;15-14(16)13-9-7-12(8-10-13)4-2-1-3-11-5-6-11;1-7(2)6-9(4-5-9)11-8(3)10;1-5(10)7(9)8(3-4-8)12-6(2)11;1-5(8)11-7(2-3-7)4-6(9)10;1-6(2)5-7(8)3-4-7;1-10-5(8)4(7)6(9)2-3-6;1-4(8)5(7)6(9)2-3-6;1-5(2)4-6(7)8-3;1-3(5)7-4(2)6;1-3-5-4-2;1-2;/h8-11,14,17,24H,6-7,12-13H2,1H3,(H,21,22);7-10,13,16,24-25H,5-6,11-12H2,(H,20,22)(H,21,23);7-11H,5-6H2,(H,15,16);7H,4-6H2,1-3H3;7H,3-4H2,1-2H3;2-4H2,1H3,(H,9,10);6,8H,3-5H2,1-2H3;4,9H,2-3,7H2,1H3;5,9H,2-3,7H2,1H3;5H,4H2,1-3H3;1-2H3;3-4H2,1-2H3;1-2H3;1H4. The first-order valence-electron chi connectivity index (χ1n) is 50.1. The first kappa shape index (κ1) is 136. The number of carboxylic acid groups (broad SMARTS) is 2. The van der Waals surface area contributed by atoms with Crippen LogP contribution in [0, 0.1) is 107 Å². The number of nitrogens with two attached hydrogens (primary N) is 2. The first-order chi connectivity index (χ1) is 69.8. The number of halogens is 1. The Hall–Kier alpha value is -12.2. The molecular weight excluding hydrogens is 2000 g/mol. The van der Waals surface area contributed by atoms with Gasteiger partial charge in [0.2, 0.25) is 0 Å². The SMILES string of the molecule is C.CC.CC(=O)C(N)C1(O)CC1.CC(=O)OC(C)=O.CC(=O)OC1(C(Br)C(C)=O)CC1.CC(=O)OC1(CC(=O)O)CC1.CC(=O)OC1(CC(C)C)CC1.CC(C)CC1(O)CC1.CCOCC.COC(=O)C(N)C1(O)CC1.COC(=O)C(NC(=O)c1ccc(C#CC#CC2CC2)cc1)C1(O)CC1.COC(=O)CC(C)C.O=C(NC(C(=O)NO)C1(O)CC1)c1ccc(C#CC#CC2CC2)cc1.O=C(O)c1ccc(C#CC#CC2CC2)cc1. The van der Waals surface area contributed by atoms with Crippen LogP contribution in [-0.2, 0) is 95.4 Å². The Morgan fingerprint density at radius 2 is 0.767 bits per heavy atom. The summed E-state index contributed by atoms with van der Waals surface area (Å²) >= 11 is 3.23. The molecular formula is C113H158BrN5O31. The number of carbonyl (C=O) groups excluding carboxylic acids is 13. The van der Waals surface area contributed by atoms with Crippen molar-refractivity contribution in [3.8, 4) is 71.0 Å². The van der Waals surface area contributed by atoms with E-state index in [1.54, 1.807) is 72.8 Å². The largest absolute Gasteiger partial charge is 0.481 e. The van der Waals surface area contributed by atoms with Gasteiger partial charge in [0.15, 0.2) is 6.04 Å². The van der Waals surface area contributed by atoms with Crippen LogP contribution in [0.25, 0.3) is 0 Å². The molecule has 5 atom stereocenters. The number of nitrogens with one attached hydrogen (secondary N) is 3. The summed E-state index contributed by atoms with van der Waals surface area (Å²) in [6.45, 7) is 31.6. The van der Waals surface area contributed by atoms with E-state index in [9.17, 15) is 97.5 Å². The Morgan fingerprint density at radius 1 is 0.420 bits per heavy atom. The fraction of sp³-hybridized carbons (Fsp3) is 0.602. The lowest BCUT2D eigenvalue weighted by Crippen LogP contribution is -2.54. The molecule has 150 heavy (non-hydrogen) atoms.